The van der Waals surface area contributed by atoms with Gasteiger partial charge in [-0.05, 0) is 36.6 Å². The van der Waals surface area contributed by atoms with Crippen molar-refractivity contribution in [1.82, 2.24) is 15.8 Å². The maximum absolute atomic E-state index is 13.4. The van der Waals surface area contributed by atoms with Crippen LogP contribution in [0.1, 0.15) is 55.8 Å². The molecular formula is C26H35N3O4. The van der Waals surface area contributed by atoms with E-state index in [1.165, 1.54) is 0 Å². The number of rotatable bonds is 11. The van der Waals surface area contributed by atoms with Crippen molar-refractivity contribution in [3.63, 3.8) is 0 Å². The van der Waals surface area contributed by atoms with Gasteiger partial charge < -0.3 is 19.5 Å². The van der Waals surface area contributed by atoms with Crippen molar-refractivity contribution in [2.45, 2.75) is 50.7 Å². The molecule has 4 rings (SSSR count). The fourth-order valence-corrected chi connectivity index (χ4v) is 5.08. The second kappa shape index (κ2) is 11.0. The molecule has 0 spiro atoms. The minimum absolute atomic E-state index is 0.0702. The van der Waals surface area contributed by atoms with Crippen LogP contribution in [0.5, 0.6) is 11.5 Å². The van der Waals surface area contributed by atoms with Gasteiger partial charge in [0.05, 0.1) is 18.7 Å². The molecule has 0 saturated carbocycles. The number of nitrogens with one attached hydrogen (secondary N) is 2. The second-order valence-electron chi connectivity index (χ2n) is 8.83. The zero-order chi connectivity index (χ0) is 23.2. The average molecular weight is 454 g/mol. The lowest BCUT2D eigenvalue weighted by molar-refractivity contribution is -0.131. The number of fused-ring (bicyclic) bond motifs is 1. The van der Waals surface area contributed by atoms with Crippen molar-refractivity contribution < 1.29 is 19.4 Å². The van der Waals surface area contributed by atoms with Gasteiger partial charge in [-0.15, -0.1) is 0 Å². The van der Waals surface area contributed by atoms with Crippen LogP contribution in [0, 0.1) is 5.92 Å². The lowest BCUT2D eigenvalue weighted by Gasteiger charge is -2.31. The standard InChI is InChI=1S/C26H35N3O4/c1-3-4-7-16-33-19-11-8-10-18(17-19)25-22-23(20-12-5-6-13-21(20)30)27-28-24(22)26(31)29(25)14-9-15-32-2/h5-6,8,10-13,17,22-25,27-28,30H,3-4,7,9,14-16H2,1-2H3. The summed E-state index contributed by atoms with van der Waals surface area (Å²) in [5.74, 6) is 1.05. The summed E-state index contributed by atoms with van der Waals surface area (Å²) in [5.41, 5.74) is 8.34. The summed E-state index contributed by atoms with van der Waals surface area (Å²) in [6, 6.07) is 14.7. The highest BCUT2D eigenvalue weighted by Gasteiger charge is 2.55. The molecule has 2 aromatic rings. The van der Waals surface area contributed by atoms with Crippen LogP contribution < -0.4 is 15.6 Å². The van der Waals surface area contributed by atoms with Crippen LogP contribution in [0.4, 0.5) is 0 Å². The molecule has 0 aromatic heterocycles. The predicted octanol–water partition coefficient (Wildman–Crippen LogP) is 3.71. The second-order valence-corrected chi connectivity index (χ2v) is 8.83. The molecule has 2 aliphatic heterocycles. The Kier molecular flexibility index (Phi) is 7.85. The fourth-order valence-electron chi connectivity index (χ4n) is 5.08. The number of ether oxygens (including phenoxy) is 2. The molecule has 7 heteroatoms. The van der Waals surface area contributed by atoms with E-state index in [9.17, 15) is 9.90 Å². The van der Waals surface area contributed by atoms with Gasteiger partial charge in [-0.1, -0.05) is 50.1 Å². The molecule has 0 radical (unpaired) electrons. The van der Waals surface area contributed by atoms with E-state index in [1.807, 2.05) is 35.2 Å². The van der Waals surface area contributed by atoms with Gasteiger partial charge in [0.25, 0.3) is 0 Å². The number of hydrazine groups is 1. The summed E-state index contributed by atoms with van der Waals surface area (Å²) in [6.45, 7) is 4.08. The van der Waals surface area contributed by atoms with Crippen LogP contribution in [-0.2, 0) is 9.53 Å². The minimum Gasteiger partial charge on any atom is -0.508 e. The third-order valence-corrected chi connectivity index (χ3v) is 6.65. The van der Waals surface area contributed by atoms with E-state index in [0.29, 0.717) is 19.8 Å². The number of likely N-dealkylation sites (tertiary alicyclic amines) is 1. The third-order valence-electron chi connectivity index (χ3n) is 6.65. The number of aromatic hydroxyl groups is 1. The molecule has 33 heavy (non-hydrogen) atoms. The Balaban J connectivity index is 1.65. The maximum atomic E-state index is 13.4. The normalized spacial score (nSPS) is 24.3. The van der Waals surface area contributed by atoms with Crippen LogP contribution in [0.15, 0.2) is 48.5 Å². The Hall–Kier alpha value is -2.61. The first-order chi connectivity index (χ1) is 16.2. The van der Waals surface area contributed by atoms with Crippen LogP contribution in [-0.4, -0.2) is 48.8 Å². The van der Waals surface area contributed by atoms with E-state index in [4.69, 9.17) is 9.47 Å². The predicted molar refractivity (Wildman–Crippen MR) is 127 cm³/mol. The number of nitrogens with zero attached hydrogens (tertiary/aromatic N) is 1. The van der Waals surface area contributed by atoms with Crippen molar-refractivity contribution in [2.75, 3.05) is 26.9 Å². The van der Waals surface area contributed by atoms with Crippen molar-refractivity contribution in [3.05, 3.63) is 59.7 Å². The molecule has 4 unspecified atom stereocenters. The first-order valence-electron chi connectivity index (χ1n) is 12.0. The van der Waals surface area contributed by atoms with Gasteiger partial charge in [0, 0.05) is 31.7 Å². The van der Waals surface area contributed by atoms with Gasteiger partial charge in [-0.25, -0.2) is 10.9 Å². The molecule has 2 aliphatic rings. The zero-order valence-corrected chi connectivity index (χ0v) is 19.5. The topological polar surface area (TPSA) is 83.1 Å². The lowest BCUT2D eigenvalue weighted by atomic mass is 9.83. The molecular weight excluding hydrogens is 418 g/mol. The number of para-hydroxylation sites is 1. The van der Waals surface area contributed by atoms with Crippen molar-refractivity contribution >= 4 is 5.91 Å². The highest BCUT2D eigenvalue weighted by molar-refractivity contribution is 5.86. The zero-order valence-electron chi connectivity index (χ0n) is 19.5. The number of unbranched alkanes of at least 4 members (excludes halogenated alkanes) is 2. The van der Waals surface area contributed by atoms with E-state index in [2.05, 4.69) is 29.9 Å². The van der Waals surface area contributed by atoms with Crippen molar-refractivity contribution in [1.29, 1.82) is 0 Å². The number of benzene rings is 2. The molecule has 0 bridgehead atoms. The summed E-state index contributed by atoms with van der Waals surface area (Å²) in [7, 11) is 1.68. The van der Waals surface area contributed by atoms with Crippen LogP contribution in [0.2, 0.25) is 0 Å². The average Bonchev–Trinajstić information content (AvgIpc) is 3.36. The van der Waals surface area contributed by atoms with E-state index >= 15 is 0 Å². The number of hydrogen-bond acceptors (Lipinski definition) is 6. The van der Waals surface area contributed by atoms with Gasteiger partial charge in [0.1, 0.15) is 17.5 Å². The van der Waals surface area contributed by atoms with Gasteiger partial charge in [-0.2, -0.15) is 0 Å². The number of carbonyl (C=O) groups excluding carboxylic acids is 1. The largest absolute Gasteiger partial charge is 0.508 e. The number of phenolic OH excluding ortho intramolecular Hbond substituents is 1. The molecule has 7 nitrogen and oxygen atoms in total. The number of hydrogen-bond donors (Lipinski definition) is 3. The van der Waals surface area contributed by atoms with Gasteiger partial charge in [0.2, 0.25) is 5.91 Å². The smallest absolute Gasteiger partial charge is 0.242 e. The fraction of sp³-hybridized carbons (Fsp3) is 0.500. The van der Waals surface area contributed by atoms with Crippen molar-refractivity contribution in [2.24, 2.45) is 5.92 Å². The Bertz CT molecular complexity index is 937. The molecule has 2 heterocycles. The summed E-state index contributed by atoms with van der Waals surface area (Å²) in [4.78, 5) is 15.4. The third kappa shape index (κ3) is 5.00. The van der Waals surface area contributed by atoms with Gasteiger partial charge >= 0.3 is 0 Å². The Labute approximate surface area is 196 Å². The molecule has 2 aromatic carbocycles. The maximum Gasteiger partial charge on any atom is 0.242 e. The minimum atomic E-state index is -0.365. The number of amides is 1. The van der Waals surface area contributed by atoms with Gasteiger partial charge in [-0.3, -0.25) is 4.79 Å². The summed E-state index contributed by atoms with van der Waals surface area (Å²) in [5, 5.41) is 10.5. The summed E-state index contributed by atoms with van der Waals surface area (Å²) in [6.07, 6.45) is 4.09. The van der Waals surface area contributed by atoms with Gasteiger partial charge in [0.15, 0.2) is 0 Å². The highest BCUT2D eigenvalue weighted by Crippen LogP contribution is 2.48. The Morgan fingerprint density at radius 3 is 2.61 bits per heavy atom. The quantitative estimate of drug-likeness (QED) is 0.450. The van der Waals surface area contributed by atoms with E-state index in [-0.39, 0.29) is 35.7 Å². The number of phenols is 1. The SMILES string of the molecule is CCCCCOc1cccc(C2C3C(NNC3c3ccccc3O)C(=O)N2CCCOC)c1. The van der Waals surface area contributed by atoms with Crippen LogP contribution >= 0.6 is 0 Å². The van der Waals surface area contributed by atoms with Crippen molar-refractivity contribution in [3.8, 4) is 11.5 Å². The molecule has 4 atom stereocenters. The lowest BCUT2D eigenvalue weighted by Crippen LogP contribution is -2.41. The Morgan fingerprint density at radius 2 is 1.82 bits per heavy atom. The highest BCUT2D eigenvalue weighted by atomic mass is 16.5. The molecule has 2 saturated heterocycles. The molecule has 3 N–H and O–H groups in total. The number of carbonyl (C=O) groups is 1. The van der Waals surface area contributed by atoms with E-state index in [0.717, 1.165) is 42.6 Å². The molecule has 1 amide bonds. The number of methoxy groups -OCH3 is 1. The van der Waals surface area contributed by atoms with E-state index in [1.54, 1.807) is 13.2 Å². The molecule has 2 fully saturated rings. The molecule has 0 aliphatic carbocycles. The first-order valence-corrected chi connectivity index (χ1v) is 12.0. The first kappa shape index (κ1) is 23.5. The Morgan fingerprint density at radius 1 is 1.00 bits per heavy atom. The van der Waals surface area contributed by atoms with Crippen LogP contribution in [0.3, 0.4) is 0 Å². The monoisotopic (exact) mass is 453 g/mol. The summed E-state index contributed by atoms with van der Waals surface area (Å²) >= 11 is 0. The molecule has 178 valence electrons. The summed E-state index contributed by atoms with van der Waals surface area (Å²) < 4.78 is 11.3. The van der Waals surface area contributed by atoms with E-state index < -0.39 is 0 Å². The van der Waals surface area contributed by atoms with Crippen LogP contribution in [0.25, 0.3) is 0 Å².